The van der Waals surface area contributed by atoms with Crippen molar-refractivity contribution < 1.29 is 14.7 Å². The van der Waals surface area contributed by atoms with Crippen molar-refractivity contribution in [3.63, 3.8) is 0 Å². The van der Waals surface area contributed by atoms with Crippen LogP contribution >= 0.6 is 0 Å². The van der Waals surface area contributed by atoms with Crippen molar-refractivity contribution in [2.75, 3.05) is 19.6 Å². The third-order valence-electron chi connectivity index (χ3n) is 2.24. The normalized spacial score (nSPS) is 19.4. The van der Waals surface area contributed by atoms with E-state index in [1.165, 1.54) is 0 Å². The molecule has 1 aliphatic heterocycles. The molecule has 0 saturated carbocycles. The van der Waals surface area contributed by atoms with Crippen molar-refractivity contribution in [2.45, 2.75) is 38.8 Å². The van der Waals surface area contributed by atoms with Crippen molar-refractivity contribution in [3.8, 4) is 0 Å². The van der Waals surface area contributed by atoms with Crippen LogP contribution in [0.2, 0.25) is 0 Å². The minimum absolute atomic E-state index is 0.133. The Morgan fingerprint density at radius 1 is 1.35 bits per heavy atom. The second-order valence-electron chi connectivity index (χ2n) is 5.89. The maximum atomic E-state index is 11.5. The minimum Gasteiger partial charge on any atom is -0.388 e. The van der Waals surface area contributed by atoms with Gasteiger partial charge in [0.05, 0.1) is 12.1 Å². The fourth-order valence-electron chi connectivity index (χ4n) is 1.77. The Bertz CT molecular complexity index is 312. The Hall–Kier alpha value is -1.14. The number of nitrogens with zero attached hydrogens (tertiary/aromatic N) is 1. The molecule has 0 aromatic rings. The Morgan fingerprint density at radius 3 is 2.29 bits per heavy atom. The van der Waals surface area contributed by atoms with Crippen LogP contribution in [-0.4, -0.2) is 52.7 Å². The highest BCUT2D eigenvalue weighted by Crippen LogP contribution is 2.18. The first-order valence-electron chi connectivity index (χ1n) is 5.64. The van der Waals surface area contributed by atoms with E-state index < -0.39 is 11.6 Å². The number of urea groups is 1. The highest BCUT2D eigenvalue weighted by molar-refractivity contribution is 5.95. The van der Waals surface area contributed by atoms with Gasteiger partial charge in [-0.25, -0.2) is 4.79 Å². The zero-order chi connectivity index (χ0) is 13.3. The average Bonchev–Trinajstić information content (AvgIpc) is 1.94. The number of imide groups is 1. The summed E-state index contributed by atoms with van der Waals surface area (Å²) in [5.41, 5.74) is -1.07. The average molecular weight is 243 g/mol. The van der Waals surface area contributed by atoms with Crippen LogP contribution in [0.1, 0.15) is 27.7 Å². The summed E-state index contributed by atoms with van der Waals surface area (Å²) < 4.78 is 0. The lowest BCUT2D eigenvalue weighted by atomic mass is 9.97. The van der Waals surface area contributed by atoms with Crippen LogP contribution in [0.5, 0.6) is 0 Å². The number of carbonyl (C=O) groups is 2. The Labute approximate surface area is 101 Å². The largest absolute Gasteiger partial charge is 0.388 e. The van der Waals surface area contributed by atoms with Gasteiger partial charge in [-0.2, -0.15) is 0 Å². The maximum absolute atomic E-state index is 11.5. The standard InChI is InChI=1S/C11H21N3O3/c1-10(2,3)13-9(16)12-8(15)5-14-6-11(4,17)7-14/h17H,5-7H2,1-4H3,(H2,12,13,15,16). The second-order valence-corrected chi connectivity index (χ2v) is 5.89. The summed E-state index contributed by atoms with van der Waals surface area (Å²) in [6, 6.07) is -0.491. The summed E-state index contributed by atoms with van der Waals surface area (Å²) in [7, 11) is 0. The molecular formula is C11H21N3O3. The number of aliphatic hydroxyl groups is 1. The van der Waals surface area contributed by atoms with Crippen molar-refractivity contribution in [3.05, 3.63) is 0 Å². The molecule has 1 aliphatic rings. The fourth-order valence-corrected chi connectivity index (χ4v) is 1.77. The van der Waals surface area contributed by atoms with Crippen LogP contribution in [0.15, 0.2) is 0 Å². The summed E-state index contributed by atoms with van der Waals surface area (Å²) in [5.74, 6) is -0.359. The number of likely N-dealkylation sites (tertiary alicyclic amines) is 1. The first kappa shape index (κ1) is 13.9. The molecule has 17 heavy (non-hydrogen) atoms. The molecule has 0 radical (unpaired) electrons. The van der Waals surface area contributed by atoms with Crippen molar-refractivity contribution in [2.24, 2.45) is 0 Å². The molecule has 0 aliphatic carbocycles. The van der Waals surface area contributed by atoms with E-state index in [2.05, 4.69) is 10.6 Å². The van der Waals surface area contributed by atoms with E-state index in [-0.39, 0.29) is 18.0 Å². The van der Waals surface area contributed by atoms with Gasteiger partial charge in [-0.1, -0.05) is 0 Å². The first-order chi connectivity index (χ1) is 7.57. The van der Waals surface area contributed by atoms with Crippen LogP contribution in [0.3, 0.4) is 0 Å². The number of nitrogens with one attached hydrogen (secondary N) is 2. The van der Waals surface area contributed by atoms with E-state index in [1.807, 2.05) is 20.8 Å². The van der Waals surface area contributed by atoms with Gasteiger partial charge in [-0.05, 0) is 27.7 Å². The van der Waals surface area contributed by atoms with Gasteiger partial charge in [0.2, 0.25) is 5.91 Å². The third-order valence-corrected chi connectivity index (χ3v) is 2.24. The lowest BCUT2D eigenvalue weighted by Gasteiger charge is -2.43. The molecule has 0 spiro atoms. The Balaban J connectivity index is 2.24. The Kier molecular flexibility index (Phi) is 3.78. The van der Waals surface area contributed by atoms with Crippen LogP contribution < -0.4 is 10.6 Å². The lowest BCUT2D eigenvalue weighted by molar-refractivity contribution is -0.129. The van der Waals surface area contributed by atoms with Crippen LogP contribution in [-0.2, 0) is 4.79 Å². The molecule has 1 rings (SSSR count). The molecule has 0 bridgehead atoms. The minimum atomic E-state index is -0.700. The number of hydrogen-bond donors (Lipinski definition) is 3. The molecule has 0 atom stereocenters. The van der Waals surface area contributed by atoms with Gasteiger partial charge in [0, 0.05) is 18.6 Å². The molecule has 98 valence electrons. The topological polar surface area (TPSA) is 81.7 Å². The van der Waals surface area contributed by atoms with Gasteiger partial charge < -0.3 is 10.4 Å². The van der Waals surface area contributed by atoms with Crippen molar-refractivity contribution in [1.29, 1.82) is 0 Å². The van der Waals surface area contributed by atoms with E-state index in [4.69, 9.17) is 0 Å². The smallest absolute Gasteiger partial charge is 0.321 e. The summed E-state index contributed by atoms with van der Waals surface area (Å²) in [4.78, 5) is 24.6. The van der Waals surface area contributed by atoms with E-state index in [9.17, 15) is 14.7 Å². The quantitative estimate of drug-likeness (QED) is 0.620. The summed E-state index contributed by atoms with van der Waals surface area (Å²) >= 11 is 0. The van der Waals surface area contributed by atoms with E-state index in [0.717, 1.165) is 0 Å². The van der Waals surface area contributed by atoms with Crippen LogP contribution in [0, 0.1) is 0 Å². The highest BCUT2D eigenvalue weighted by Gasteiger charge is 2.37. The predicted octanol–water partition coefficient (Wildman–Crippen LogP) is -0.323. The van der Waals surface area contributed by atoms with Crippen molar-refractivity contribution >= 4 is 11.9 Å². The number of β-amino-alcohol motifs (C(OH)–C–C–N with tert-alkyl or cyclic N) is 1. The van der Waals surface area contributed by atoms with E-state index in [0.29, 0.717) is 13.1 Å². The zero-order valence-corrected chi connectivity index (χ0v) is 10.8. The molecular weight excluding hydrogens is 222 g/mol. The summed E-state index contributed by atoms with van der Waals surface area (Å²) in [6.45, 7) is 8.28. The summed E-state index contributed by atoms with van der Waals surface area (Å²) in [6.07, 6.45) is 0. The molecule has 6 nitrogen and oxygen atoms in total. The van der Waals surface area contributed by atoms with Gasteiger partial charge in [0.25, 0.3) is 0 Å². The van der Waals surface area contributed by atoms with Crippen molar-refractivity contribution in [1.82, 2.24) is 15.5 Å². The van der Waals surface area contributed by atoms with Gasteiger partial charge >= 0.3 is 6.03 Å². The first-order valence-corrected chi connectivity index (χ1v) is 5.64. The fraction of sp³-hybridized carbons (Fsp3) is 0.818. The monoisotopic (exact) mass is 243 g/mol. The molecule has 6 heteroatoms. The molecule has 0 aromatic heterocycles. The molecule has 1 fully saturated rings. The molecule has 1 heterocycles. The zero-order valence-electron chi connectivity index (χ0n) is 10.8. The summed E-state index contributed by atoms with van der Waals surface area (Å²) in [5, 5.41) is 14.4. The molecule has 1 saturated heterocycles. The molecule has 0 unspecified atom stereocenters. The van der Waals surface area contributed by atoms with E-state index >= 15 is 0 Å². The molecule has 3 amide bonds. The number of hydrogen-bond acceptors (Lipinski definition) is 4. The number of rotatable bonds is 2. The van der Waals surface area contributed by atoms with Crippen LogP contribution in [0.4, 0.5) is 4.79 Å². The van der Waals surface area contributed by atoms with Gasteiger partial charge in [-0.3, -0.25) is 15.0 Å². The SMILES string of the molecule is CC1(O)CN(CC(=O)NC(=O)NC(C)(C)C)C1. The van der Waals surface area contributed by atoms with Crippen LogP contribution in [0.25, 0.3) is 0 Å². The highest BCUT2D eigenvalue weighted by atomic mass is 16.3. The second kappa shape index (κ2) is 4.62. The maximum Gasteiger partial charge on any atom is 0.321 e. The predicted molar refractivity (Wildman–Crippen MR) is 63.5 cm³/mol. The Morgan fingerprint density at radius 2 is 1.88 bits per heavy atom. The molecule has 3 N–H and O–H groups in total. The third kappa shape index (κ3) is 5.14. The lowest BCUT2D eigenvalue weighted by Crippen LogP contribution is -2.62. The number of carbonyl (C=O) groups excluding carboxylic acids is 2. The molecule has 0 aromatic carbocycles. The van der Waals surface area contributed by atoms with E-state index in [1.54, 1.807) is 11.8 Å². The number of amides is 3. The van der Waals surface area contributed by atoms with Gasteiger partial charge in [0.15, 0.2) is 0 Å². The van der Waals surface area contributed by atoms with Gasteiger partial charge in [-0.15, -0.1) is 0 Å². The van der Waals surface area contributed by atoms with Gasteiger partial charge in [0.1, 0.15) is 0 Å².